The third kappa shape index (κ3) is 2.39. The number of hydrogen-bond donors (Lipinski definition) is 1. The molecule has 0 aliphatic carbocycles. The lowest BCUT2D eigenvalue weighted by atomic mass is 10.0. The van der Waals surface area contributed by atoms with Crippen molar-refractivity contribution >= 4 is 33.4 Å². The maximum atomic E-state index is 12.5. The van der Waals surface area contributed by atoms with Crippen molar-refractivity contribution in [3.8, 4) is 0 Å². The molecule has 1 N–H and O–H groups in total. The lowest BCUT2D eigenvalue weighted by Crippen LogP contribution is -2.62. The van der Waals surface area contributed by atoms with E-state index in [1.807, 2.05) is 32.0 Å². The molecule has 2 unspecified atom stereocenters. The van der Waals surface area contributed by atoms with Gasteiger partial charge in [0.15, 0.2) is 0 Å². The van der Waals surface area contributed by atoms with Crippen LogP contribution in [0.3, 0.4) is 0 Å². The van der Waals surface area contributed by atoms with Gasteiger partial charge in [-0.3, -0.25) is 14.5 Å². The maximum absolute atomic E-state index is 12.5. The van der Waals surface area contributed by atoms with E-state index in [0.717, 1.165) is 15.7 Å². The fraction of sp³-hybridized carbons (Fsp3) is 0.429. The number of aryl methyl sites for hydroxylation is 1. The summed E-state index contributed by atoms with van der Waals surface area (Å²) in [5, 5.41) is 2.75. The fourth-order valence-electron chi connectivity index (χ4n) is 2.25. The van der Waals surface area contributed by atoms with Crippen molar-refractivity contribution in [1.82, 2.24) is 5.32 Å². The topological polar surface area (TPSA) is 49.4 Å². The van der Waals surface area contributed by atoms with E-state index in [1.54, 1.807) is 11.8 Å². The monoisotopic (exact) mass is 324 g/mol. The second-order valence-electron chi connectivity index (χ2n) is 4.76. The van der Waals surface area contributed by atoms with Gasteiger partial charge in [0.1, 0.15) is 12.1 Å². The van der Waals surface area contributed by atoms with Crippen LogP contribution < -0.4 is 10.2 Å². The quantitative estimate of drug-likeness (QED) is 0.908. The third-order valence-electron chi connectivity index (χ3n) is 3.46. The summed E-state index contributed by atoms with van der Waals surface area (Å²) in [6, 6.07) is 4.79. The number of rotatable bonds is 2. The summed E-state index contributed by atoms with van der Waals surface area (Å²) < 4.78 is 0.861. The van der Waals surface area contributed by atoms with Crippen LogP contribution in [-0.4, -0.2) is 23.9 Å². The normalized spacial score (nSPS) is 23.5. The van der Waals surface area contributed by atoms with Crippen LogP contribution in [-0.2, 0) is 9.59 Å². The zero-order valence-corrected chi connectivity index (χ0v) is 12.8. The molecule has 1 heterocycles. The number of amides is 2. The molecule has 0 radical (unpaired) electrons. The van der Waals surface area contributed by atoms with Gasteiger partial charge in [0.2, 0.25) is 11.8 Å². The maximum Gasteiger partial charge on any atom is 0.250 e. The van der Waals surface area contributed by atoms with Crippen LogP contribution in [0, 0.1) is 6.92 Å². The second-order valence-corrected chi connectivity index (χ2v) is 5.55. The average Bonchev–Trinajstić information content (AvgIpc) is 2.39. The molecule has 0 aromatic heterocycles. The molecule has 1 aliphatic rings. The van der Waals surface area contributed by atoms with Crippen LogP contribution in [0.15, 0.2) is 22.7 Å². The number of carbonyl (C=O) groups excluding carboxylic acids is 2. The van der Waals surface area contributed by atoms with E-state index in [0.29, 0.717) is 6.42 Å². The van der Waals surface area contributed by atoms with Crippen LogP contribution in [0.2, 0.25) is 0 Å². The first kappa shape index (κ1) is 14.1. The molecule has 2 rings (SSSR count). The first-order chi connectivity index (χ1) is 8.97. The van der Waals surface area contributed by atoms with Crippen molar-refractivity contribution in [2.45, 2.75) is 39.3 Å². The average molecular weight is 325 g/mol. The summed E-state index contributed by atoms with van der Waals surface area (Å²) in [7, 11) is 0. The van der Waals surface area contributed by atoms with Gasteiger partial charge in [0, 0.05) is 4.47 Å². The van der Waals surface area contributed by atoms with Gasteiger partial charge in [0.05, 0.1) is 5.69 Å². The van der Waals surface area contributed by atoms with Gasteiger partial charge in [-0.1, -0.05) is 19.1 Å². The minimum atomic E-state index is -0.492. The van der Waals surface area contributed by atoms with Crippen LogP contribution >= 0.6 is 15.9 Å². The summed E-state index contributed by atoms with van der Waals surface area (Å²) >= 11 is 3.51. The molecule has 19 heavy (non-hydrogen) atoms. The van der Waals surface area contributed by atoms with E-state index in [4.69, 9.17) is 0 Å². The van der Waals surface area contributed by atoms with Gasteiger partial charge < -0.3 is 5.32 Å². The summed E-state index contributed by atoms with van der Waals surface area (Å²) in [4.78, 5) is 26.0. The fourth-order valence-corrected chi connectivity index (χ4v) is 2.71. The third-order valence-corrected chi connectivity index (χ3v) is 4.49. The van der Waals surface area contributed by atoms with E-state index >= 15 is 0 Å². The number of halogens is 1. The molecule has 1 fully saturated rings. The summed E-state index contributed by atoms with van der Waals surface area (Å²) in [5.74, 6) is -0.166. The SMILES string of the molecule is CCC1NC(=O)C(C)N(c2cccc(C)c2Br)C1=O. The molecule has 0 saturated carbocycles. The number of piperazine rings is 1. The number of nitrogens with zero attached hydrogens (tertiary/aromatic N) is 1. The van der Waals surface area contributed by atoms with E-state index in [1.165, 1.54) is 0 Å². The minimum Gasteiger partial charge on any atom is -0.343 e. The Kier molecular flexibility index (Phi) is 3.94. The Bertz CT molecular complexity index is 530. The standard InChI is InChI=1S/C14H17BrN2O2/c1-4-10-14(19)17(9(3)13(18)16-10)11-7-5-6-8(2)12(11)15/h5-7,9-10H,4H2,1-3H3,(H,16,18). The van der Waals surface area contributed by atoms with Crippen LogP contribution in [0.5, 0.6) is 0 Å². The summed E-state index contributed by atoms with van der Waals surface area (Å²) in [5.41, 5.74) is 1.79. The molecule has 0 bridgehead atoms. The van der Waals surface area contributed by atoms with Crippen molar-refractivity contribution in [3.63, 3.8) is 0 Å². The highest BCUT2D eigenvalue weighted by molar-refractivity contribution is 9.10. The summed E-state index contributed by atoms with van der Waals surface area (Å²) in [6.07, 6.45) is 0.594. The number of hydrogen-bond acceptors (Lipinski definition) is 2. The van der Waals surface area contributed by atoms with Crippen LogP contribution in [0.1, 0.15) is 25.8 Å². The highest BCUT2D eigenvalue weighted by Gasteiger charge is 2.38. The van der Waals surface area contributed by atoms with E-state index in [9.17, 15) is 9.59 Å². The molecule has 1 saturated heterocycles. The predicted octanol–water partition coefficient (Wildman–Crippen LogP) is 2.39. The molecule has 102 valence electrons. The molecular formula is C14H17BrN2O2. The van der Waals surface area contributed by atoms with Crippen LogP contribution in [0.25, 0.3) is 0 Å². The van der Waals surface area contributed by atoms with Gasteiger partial charge in [-0.05, 0) is 47.8 Å². The molecule has 1 aromatic carbocycles. The molecular weight excluding hydrogens is 308 g/mol. The van der Waals surface area contributed by atoms with Crippen LogP contribution in [0.4, 0.5) is 5.69 Å². The van der Waals surface area contributed by atoms with Gasteiger partial charge in [-0.25, -0.2) is 0 Å². The lowest BCUT2D eigenvalue weighted by molar-refractivity contribution is -0.133. The molecule has 5 heteroatoms. The Morgan fingerprint density at radius 3 is 2.68 bits per heavy atom. The Morgan fingerprint density at radius 1 is 1.37 bits per heavy atom. The molecule has 2 amide bonds. The van der Waals surface area contributed by atoms with E-state index in [-0.39, 0.29) is 11.8 Å². The van der Waals surface area contributed by atoms with E-state index in [2.05, 4.69) is 21.2 Å². The molecule has 2 atom stereocenters. The zero-order valence-electron chi connectivity index (χ0n) is 11.2. The van der Waals surface area contributed by atoms with Crippen molar-refractivity contribution in [2.75, 3.05) is 4.90 Å². The summed E-state index contributed by atoms with van der Waals surface area (Å²) in [6.45, 7) is 5.60. The molecule has 4 nitrogen and oxygen atoms in total. The molecule has 1 aliphatic heterocycles. The number of anilines is 1. The lowest BCUT2D eigenvalue weighted by Gasteiger charge is -2.37. The Labute approximate surface area is 121 Å². The number of carbonyl (C=O) groups is 2. The first-order valence-electron chi connectivity index (χ1n) is 6.36. The predicted molar refractivity (Wildman–Crippen MR) is 78.0 cm³/mol. The molecule has 0 spiro atoms. The van der Waals surface area contributed by atoms with Crippen molar-refractivity contribution < 1.29 is 9.59 Å². The smallest absolute Gasteiger partial charge is 0.250 e. The van der Waals surface area contributed by atoms with Gasteiger partial charge in [-0.2, -0.15) is 0 Å². The first-order valence-corrected chi connectivity index (χ1v) is 7.15. The Morgan fingerprint density at radius 2 is 2.05 bits per heavy atom. The second kappa shape index (κ2) is 5.33. The van der Waals surface area contributed by atoms with Crippen molar-refractivity contribution in [2.24, 2.45) is 0 Å². The minimum absolute atomic E-state index is 0.0547. The zero-order chi connectivity index (χ0) is 14.2. The van der Waals surface area contributed by atoms with Crippen molar-refractivity contribution in [1.29, 1.82) is 0 Å². The number of nitrogens with one attached hydrogen (secondary N) is 1. The van der Waals surface area contributed by atoms with Crippen molar-refractivity contribution in [3.05, 3.63) is 28.2 Å². The highest BCUT2D eigenvalue weighted by atomic mass is 79.9. The van der Waals surface area contributed by atoms with Gasteiger partial charge in [-0.15, -0.1) is 0 Å². The van der Waals surface area contributed by atoms with Gasteiger partial charge >= 0.3 is 0 Å². The Hall–Kier alpha value is -1.36. The number of benzene rings is 1. The molecule has 1 aromatic rings. The van der Waals surface area contributed by atoms with E-state index < -0.39 is 12.1 Å². The highest BCUT2D eigenvalue weighted by Crippen LogP contribution is 2.32. The van der Waals surface area contributed by atoms with Gasteiger partial charge in [0.25, 0.3) is 0 Å². The Balaban J connectivity index is 2.48. The largest absolute Gasteiger partial charge is 0.343 e.